The fourth-order valence-electron chi connectivity index (χ4n) is 3.70. The summed E-state index contributed by atoms with van der Waals surface area (Å²) in [6, 6.07) is 8.92. The molecule has 0 aliphatic carbocycles. The number of hydrogen-bond acceptors (Lipinski definition) is 4. The number of amides is 3. The van der Waals surface area contributed by atoms with Gasteiger partial charge in [0.15, 0.2) is 0 Å². The van der Waals surface area contributed by atoms with E-state index in [1.807, 2.05) is 37.8 Å². The molecule has 1 aromatic heterocycles. The lowest BCUT2D eigenvalue weighted by atomic mass is 10.0. The van der Waals surface area contributed by atoms with Gasteiger partial charge in [-0.2, -0.15) is 0 Å². The standard InChI is InChI=1S/C23H30ClN3O3S/c1-4-11-26(23(29)25-16(2)3)14-22(28)27-12-9-21-19(10-13-31-21)20(27)15-30-18-7-5-17(24)6-8-18/h5-8,10,13,16,20H,4,9,11-12,14-15H2,1-3H3,(H,25,29)/t20-/m1/s1. The Morgan fingerprint density at radius 2 is 2.03 bits per heavy atom. The first kappa shape index (κ1) is 23.4. The number of halogens is 1. The predicted molar refractivity (Wildman–Crippen MR) is 125 cm³/mol. The average molecular weight is 464 g/mol. The molecule has 1 aliphatic heterocycles. The number of nitrogens with zero attached hydrogens (tertiary/aromatic N) is 2. The highest BCUT2D eigenvalue weighted by atomic mass is 35.5. The van der Waals surface area contributed by atoms with E-state index < -0.39 is 0 Å². The van der Waals surface area contributed by atoms with Crippen molar-refractivity contribution in [3.63, 3.8) is 0 Å². The Hall–Kier alpha value is -2.25. The van der Waals surface area contributed by atoms with Gasteiger partial charge in [-0.1, -0.05) is 18.5 Å². The molecule has 0 unspecified atom stereocenters. The number of rotatable bonds is 8. The molecule has 2 aromatic rings. The molecule has 1 aromatic carbocycles. The van der Waals surface area contributed by atoms with Gasteiger partial charge in [0.05, 0.1) is 6.04 Å². The number of ether oxygens (including phenoxy) is 1. The Labute approximate surface area is 193 Å². The Morgan fingerprint density at radius 3 is 2.71 bits per heavy atom. The molecular formula is C23H30ClN3O3S. The van der Waals surface area contributed by atoms with Crippen LogP contribution in [0.3, 0.4) is 0 Å². The van der Waals surface area contributed by atoms with Gasteiger partial charge in [-0.3, -0.25) is 4.79 Å². The molecule has 1 atom stereocenters. The molecule has 0 saturated carbocycles. The Bertz CT molecular complexity index is 884. The number of benzene rings is 1. The average Bonchev–Trinajstić information content (AvgIpc) is 3.21. The van der Waals surface area contributed by atoms with E-state index in [-0.39, 0.29) is 30.6 Å². The summed E-state index contributed by atoms with van der Waals surface area (Å²) >= 11 is 7.68. The zero-order valence-electron chi connectivity index (χ0n) is 18.3. The highest BCUT2D eigenvalue weighted by Crippen LogP contribution is 2.34. The number of nitrogens with one attached hydrogen (secondary N) is 1. The van der Waals surface area contributed by atoms with Crippen LogP contribution in [0.5, 0.6) is 5.75 Å². The van der Waals surface area contributed by atoms with Gasteiger partial charge in [-0.05, 0) is 68.0 Å². The van der Waals surface area contributed by atoms with Crippen LogP contribution >= 0.6 is 22.9 Å². The van der Waals surface area contributed by atoms with Gasteiger partial charge in [0, 0.05) is 29.0 Å². The molecule has 0 saturated heterocycles. The van der Waals surface area contributed by atoms with E-state index in [9.17, 15) is 9.59 Å². The van der Waals surface area contributed by atoms with Gasteiger partial charge in [0.25, 0.3) is 0 Å². The molecule has 3 amide bonds. The second-order valence-electron chi connectivity index (χ2n) is 7.94. The van der Waals surface area contributed by atoms with Crippen molar-refractivity contribution < 1.29 is 14.3 Å². The molecule has 168 valence electrons. The van der Waals surface area contributed by atoms with Crippen molar-refractivity contribution in [1.29, 1.82) is 0 Å². The number of fused-ring (bicyclic) bond motifs is 1. The topological polar surface area (TPSA) is 61.9 Å². The van der Waals surface area contributed by atoms with Gasteiger partial charge < -0.3 is 19.9 Å². The number of hydrogen-bond donors (Lipinski definition) is 1. The van der Waals surface area contributed by atoms with Crippen LogP contribution in [0.4, 0.5) is 4.79 Å². The van der Waals surface area contributed by atoms with Gasteiger partial charge in [0.2, 0.25) is 5.91 Å². The number of carbonyl (C=O) groups is 2. The summed E-state index contributed by atoms with van der Waals surface area (Å²) in [7, 11) is 0. The SMILES string of the molecule is CCCN(CC(=O)N1CCc2sccc2[C@H]1COc1ccc(Cl)cc1)C(=O)NC(C)C. The van der Waals surface area contributed by atoms with Crippen molar-refractivity contribution in [3.05, 3.63) is 51.2 Å². The summed E-state index contributed by atoms with van der Waals surface area (Å²) in [5, 5.41) is 5.61. The van der Waals surface area contributed by atoms with Gasteiger partial charge in [0.1, 0.15) is 18.9 Å². The molecule has 0 radical (unpaired) electrons. The van der Waals surface area contributed by atoms with Crippen LogP contribution in [-0.2, 0) is 11.2 Å². The molecule has 0 bridgehead atoms. The van der Waals surface area contributed by atoms with E-state index in [4.69, 9.17) is 16.3 Å². The molecule has 0 fully saturated rings. The monoisotopic (exact) mass is 463 g/mol. The molecule has 8 heteroatoms. The molecule has 1 aliphatic rings. The molecule has 31 heavy (non-hydrogen) atoms. The Balaban J connectivity index is 1.74. The Kier molecular flexibility index (Phi) is 8.21. The molecular weight excluding hydrogens is 434 g/mol. The normalized spacial score (nSPS) is 15.5. The second kappa shape index (κ2) is 10.9. The summed E-state index contributed by atoms with van der Waals surface area (Å²) in [4.78, 5) is 30.6. The van der Waals surface area contributed by atoms with Crippen molar-refractivity contribution in [1.82, 2.24) is 15.1 Å². The van der Waals surface area contributed by atoms with Crippen molar-refractivity contribution in [3.8, 4) is 5.75 Å². The third kappa shape index (κ3) is 6.14. The summed E-state index contributed by atoms with van der Waals surface area (Å²) < 4.78 is 6.02. The maximum absolute atomic E-state index is 13.3. The van der Waals surface area contributed by atoms with Crippen molar-refractivity contribution in [2.75, 3.05) is 26.2 Å². The fraction of sp³-hybridized carbons (Fsp3) is 0.478. The maximum Gasteiger partial charge on any atom is 0.318 e. The van der Waals surface area contributed by atoms with Crippen LogP contribution in [0, 0.1) is 0 Å². The van der Waals surface area contributed by atoms with Crippen LogP contribution in [0.15, 0.2) is 35.7 Å². The first-order valence-electron chi connectivity index (χ1n) is 10.7. The quantitative estimate of drug-likeness (QED) is 0.615. The van der Waals surface area contributed by atoms with Gasteiger partial charge >= 0.3 is 6.03 Å². The number of carbonyl (C=O) groups excluding carboxylic acids is 2. The number of thiophene rings is 1. The minimum atomic E-state index is -0.201. The first-order valence-corrected chi connectivity index (χ1v) is 11.9. The summed E-state index contributed by atoms with van der Waals surface area (Å²) in [5.41, 5.74) is 1.13. The van der Waals surface area contributed by atoms with E-state index in [0.29, 0.717) is 30.5 Å². The van der Waals surface area contributed by atoms with E-state index in [1.165, 1.54) is 4.88 Å². The van der Waals surface area contributed by atoms with E-state index in [1.54, 1.807) is 28.4 Å². The lowest BCUT2D eigenvalue weighted by molar-refractivity contribution is -0.135. The third-order valence-electron chi connectivity index (χ3n) is 5.16. The summed E-state index contributed by atoms with van der Waals surface area (Å²) in [6.07, 6.45) is 1.61. The highest BCUT2D eigenvalue weighted by molar-refractivity contribution is 7.10. The predicted octanol–water partition coefficient (Wildman–Crippen LogP) is 4.74. The minimum Gasteiger partial charge on any atom is -0.491 e. The fourth-order valence-corrected chi connectivity index (χ4v) is 4.75. The van der Waals surface area contributed by atoms with Crippen molar-refractivity contribution >= 4 is 34.9 Å². The zero-order chi connectivity index (χ0) is 22.4. The molecule has 1 N–H and O–H groups in total. The Morgan fingerprint density at radius 1 is 1.29 bits per heavy atom. The van der Waals surface area contributed by atoms with Crippen molar-refractivity contribution in [2.24, 2.45) is 0 Å². The van der Waals surface area contributed by atoms with Crippen LogP contribution < -0.4 is 10.1 Å². The molecule has 2 heterocycles. The smallest absolute Gasteiger partial charge is 0.318 e. The van der Waals surface area contributed by atoms with Crippen LogP contribution in [-0.4, -0.2) is 54.0 Å². The number of urea groups is 1. The lowest BCUT2D eigenvalue weighted by Crippen LogP contribution is -2.50. The van der Waals surface area contributed by atoms with E-state index in [2.05, 4.69) is 16.8 Å². The van der Waals surface area contributed by atoms with E-state index in [0.717, 1.165) is 18.4 Å². The largest absolute Gasteiger partial charge is 0.491 e. The van der Waals surface area contributed by atoms with Crippen LogP contribution in [0.25, 0.3) is 0 Å². The molecule has 0 spiro atoms. The van der Waals surface area contributed by atoms with E-state index >= 15 is 0 Å². The third-order valence-corrected chi connectivity index (χ3v) is 6.40. The van der Waals surface area contributed by atoms with Crippen LogP contribution in [0.2, 0.25) is 5.02 Å². The lowest BCUT2D eigenvalue weighted by Gasteiger charge is -2.37. The first-order chi connectivity index (χ1) is 14.9. The molecule has 6 nitrogen and oxygen atoms in total. The maximum atomic E-state index is 13.3. The highest BCUT2D eigenvalue weighted by Gasteiger charge is 2.33. The molecule has 3 rings (SSSR count). The summed E-state index contributed by atoms with van der Waals surface area (Å²) in [6.45, 7) is 7.39. The van der Waals surface area contributed by atoms with Gasteiger partial charge in [-0.25, -0.2) is 4.79 Å². The second-order valence-corrected chi connectivity index (χ2v) is 9.38. The summed E-state index contributed by atoms with van der Waals surface area (Å²) in [5.74, 6) is 0.650. The van der Waals surface area contributed by atoms with Crippen molar-refractivity contribution in [2.45, 2.75) is 45.7 Å². The van der Waals surface area contributed by atoms with Crippen LogP contribution in [0.1, 0.15) is 43.7 Å². The zero-order valence-corrected chi connectivity index (χ0v) is 19.8. The van der Waals surface area contributed by atoms with Gasteiger partial charge in [-0.15, -0.1) is 11.3 Å². The minimum absolute atomic E-state index is 0.0193.